The highest BCUT2D eigenvalue weighted by Gasteiger charge is 2.15. The summed E-state index contributed by atoms with van der Waals surface area (Å²) in [5, 5.41) is -0.865. The van der Waals surface area contributed by atoms with Crippen molar-refractivity contribution in [1.29, 1.82) is 0 Å². The fourth-order valence-corrected chi connectivity index (χ4v) is 3.37. The summed E-state index contributed by atoms with van der Waals surface area (Å²) < 4.78 is 41.8. The third kappa shape index (κ3) is 4.71. The molecule has 5 nitrogen and oxygen atoms in total. The van der Waals surface area contributed by atoms with Gasteiger partial charge in [0.1, 0.15) is 0 Å². The molecule has 0 saturated carbocycles. The first kappa shape index (κ1) is 9.86. The van der Waals surface area contributed by atoms with Gasteiger partial charge in [-0.25, -0.2) is 16.8 Å². The Labute approximate surface area is 60.1 Å². The summed E-state index contributed by atoms with van der Waals surface area (Å²) in [6, 6.07) is 0. The van der Waals surface area contributed by atoms with E-state index in [1.807, 2.05) is 0 Å². The van der Waals surface area contributed by atoms with Crippen molar-refractivity contribution in [3.05, 3.63) is 0 Å². The molecule has 10 heavy (non-hydrogen) atoms. The van der Waals surface area contributed by atoms with Crippen LogP contribution in [-0.2, 0) is 19.7 Å². The minimum atomic E-state index is -3.59. The normalized spacial score (nSPS) is 13.4. The van der Waals surface area contributed by atoms with Crippen LogP contribution in [0.4, 0.5) is 0 Å². The van der Waals surface area contributed by atoms with Gasteiger partial charge in [-0.2, -0.15) is 0 Å². The van der Waals surface area contributed by atoms with Crippen LogP contribution in [0.25, 0.3) is 0 Å². The van der Waals surface area contributed by atoms with Crippen LogP contribution in [-0.4, -0.2) is 34.1 Å². The van der Waals surface area contributed by atoms with Gasteiger partial charge >= 0.3 is 0 Å². The van der Waals surface area contributed by atoms with Crippen molar-refractivity contribution in [3.8, 4) is 0 Å². The predicted molar refractivity (Wildman–Crippen MR) is 37.7 cm³/mol. The second-order valence-electron chi connectivity index (χ2n) is 1.95. The van der Waals surface area contributed by atoms with E-state index in [-0.39, 0.29) is 0 Å². The molecule has 2 N–H and O–H groups in total. The Morgan fingerprint density at radius 2 is 1.60 bits per heavy atom. The Morgan fingerprint density at radius 1 is 1.20 bits per heavy atom. The fraction of sp³-hybridized carbons (Fsp3) is 1.00. The summed E-state index contributed by atoms with van der Waals surface area (Å²) in [7, 11) is -7.05. The fourth-order valence-electron chi connectivity index (χ4n) is 0.374. The standard InChI is InChI=1S/C3H9NO4S2/c1-9(5,6)3-10(7,8)2-4/h2-4H2,1H3. The van der Waals surface area contributed by atoms with Crippen molar-refractivity contribution in [1.82, 2.24) is 0 Å². The van der Waals surface area contributed by atoms with Crippen molar-refractivity contribution in [3.63, 3.8) is 0 Å². The topological polar surface area (TPSA) is 94.3 Å². The van der Waals surface area contributed by atoms with Gasteiger partial charge in [0.25, 0.3) is 0 Å². The van der Waals surface area contributed by atoms with E-state index in [0.717, 1.165) is 6.26 Å². The molecule has 0 saturated heterocycles. The molecule has 0 aromatic carbocycles. The Balaban J connectivity index is 4.49. The van der Waals surface area contributed by atoms with E-state index in [1.165, 1.54) is 0 Å². The van der Waals surface area contributed by atoms with Crippen LogP contribution in [0.3, 0.4) is 0 Å². The van der Waals surface area contributed by atoms with E-state index in [2.05, 4.69) is 0 Å². The van der Waals surface area contributed by atoms with Gasteiger partial charge in [0.15, 0.2) is 24.8 Å². The number of hydrogen-bond donors (Lipinski definition) is 1. The van der Waals surface area contributed by atoms with Gasteiger partial charge in [-0.05, 0) is 0 Å². The molecule has 0 aliphatic carbocycles. The van der Waals surface area contributed by atoms with Crippen molar-refractivity contribution < 1.29 is 16.8 Å². The lowest BCUT2D eigenvalue weighted by Crippen LogP contribution is -2.22. The first-order valence-electron chi connectivity index (χ1n) is 2.35. The Kier molecular flexibility index (Phi) is 2.81. The lowest BCUT2D eigenvalue weighted by atomic mass is 11.5. The zero-order chi connectivity index (χ0) is 8.41. The zero-order valence-corrected chi connectivity index (χ0v) is 7.07. The first-order valence-corrected chi connectivity index (χ1v) is 6.23. The lowest BCUT2D eigenvalue weighted by molar-refractivity contribution is 0.592. The quantitative estimate of drug-likeness (QED) is 0.569. The Morgan fingerprint density at radius 3 is 1.70 bits per heavy atom. The second-order valence-corrected chi connectivity index (χ2v) is 6.57. The van der Waals surface area contributed by atoms with Gasteiger partial charge < -0.3 is 5.73 Å². The summed E-state index contributed by atoms with van der Waals surface area (Å²) in [6.45, 7) is 0. The number of nitrogens with two attached hydrogens (primary N) is 1. The highest BCUT2D eigenvalue weighted by Crippen LogP contribution is 1.91. The first-order chi connectivity index (χ1) is 4.27. The van der Waals surface area contributed by atoms with Crippen LogP contribution < -0.4 is 5.73 Å². The van der Waals surface area contributed by atoms with Gasteiger partial charge in [0, 0.05) is 6.26 Å². The molecule has 0 aromatic rings. The average Bonchev–Trinajstić information content (AvgIpc) is 1.60. The molecule has 0 radical (unpaired) electrons. The molecule has 0 rings (SSSR count). The molecule has 0 amide bonds. The monoisotopic (exact) mass is 187 g/mol. The molecular formula is C3H9NO4S2. The maximum absolute atomic E-state index is 10.5. The summed E-state index contributed by atoms with van der Waals surface area (Å²) in [6.07, 6.45) is 0.847. The predicted octanol–water partition coefficient (Wildman–Crippen LogP) is -1.68. The van der Waals surface area contributed by atoms with Crippen molar-refractivity contribution in [2.24, 2.45) is 5.73 Å². The lowest BCUT2D eigenvalue weighted by Gasteiger charge is -1.96. The molecule has 62 valence electrons. The molecule has 0 spiro atoms. The Hall–Kier alpha value is -0.140. The largest absolute Gasteiger partial charge is 0.318 e. The maximum atomic E-state index is 10.5. The van der Waals surface area contributed by atoms with E-state index in [1.54, 1.807) is 0 Å². The van der Waals surface area contributed by atoms with Gasteiger partial charge in [-0.15, -0.1) is 0 Å². The summed E-state index contributed by atoms with van der Waals surface area (Å²) >= 11 is 0. The van der Waals surface area contributed by atoms with Crippen LogP contribution in [0.2, 0.25) is 0 Å². The van der Waals surface area contributed by atoms with E-state index < -0.39 is 30.6 Å². The molecule has 0 bridgehead atoms. The highest BCUT2D eigenvalue weighted by atomic mass is 32.3. The van der Waals surface area contributed by atoms with E-state index in [0.29, 0.717) is 0 Å². The van der Waals surface area contributed by atoms with Crippen molar-refractivity contribution in [2.75, 3.05) is 17.2 Å². The molecule has 0 unspecified atom stereocenters. The van der Waals surface area contributed by atoms with Gasteiger partial charge in [0.2, 0.25) is 0 Å². The van der Waals surface area contributed by atoms with E-state index in [9.17, 15) is 16.8 Å². The zero-order valence-electron chi connectivity index (χ0n) is 5.44. The van der Waals surface area contributed by atoms with Crippen LogP contribution in [0, 0.1) is 0 Å². The van der Waals surface area contributed by atoms with Crippen LogP contribution in [0.5, 0.6) is 0 Å². The third-order valence-electron chi connectivity index (χ3n) is 0.648. The van der Waals surface area contributed by atoms with Crippen LogP contribution in [0.15, 0.2) is 0 Å². The number of rotatable bonds is 3. The smallest absolute Gasteiger partial charge is 0.177 e. The van der Waals surface area contributed by atoms with E-state index >= 15 is 0 Å². The molecule has 0 atom stereocenters. The summed E-state index contributed by atoms with van der Waals surface area (Å²) in [4.78, 5) is 0. The minimum absolute atomic E-state index is 0.625. The maximum Gasteiger partial charge on any atom is 0.177 e. The van der Waals surface area contributed by atoms with Gasteiger partial charge in [-0.3, -0.25) is 0 Å². The summed E-state index contributed by atoms with van der Waals surface area (Å²) in [5.41, 5.74) is 4.76. The molecule has 0 aliphatic heterocycles. The van der Waals surface area contributed by atoms with Crippen LogP contribution >= 0.6 is 0 Å². The molecule has 0 aliphatic rings. The molecule has 0 fully saturated rings. The molecular weight excluding hydrogens is 178 g/mol. The van der Waals surface area contributed by atoms with Crippen LogP contribution in [0.1, 0.15) is 0 Å². The SMILES string of the molecule is CS(=O)(=O)CS(=O)(=O)CN. The van der Waals surface area contributed by atoms with Gasteiger partial charge in [0.05, 0.1) is 5.88 Å². The second kappa shape index (κ2) is 2.85. The van der Waals surface area contributed by atoms with E-state index in [4.69, 9.17) is 5.73 Å². The molecule has 0 heterocycles. The van der Waals surface area contributed by atoms with Crippen molar-refractivity contribution in [2.45, 2.75) is 0 Å². The third-order valence-corrected chi connectivity index (χ3v) is 4.30. The summed E-state index contributed by atoms with van der Waals surface area (Å²) in [5.74, 6) is -0.625. The van der Waals surface area contributed by atoms with Gasteiger partial charge in [-0.1, -0.05) is 0 Å². The van der Waals surface area contributed by atoms with Crippen molar-refractivity contribution >= 4 is 19.7 Å². The minimum Gasteiger partial charge on any atom is -0.318 e. The highest BCUT2D eigenvalue weighted by molar-refractivity contribution is 8.07. The average molecular weight is 187 g/mol. The molecule has 0 aromatic heterocycles. The number of sulfone groups is 2. The Bertz CT molecular complexity index is 286. The molecule has 7 heteroatoms. The number of hydrogen-bond acceptors (Lipinski definition) is 5.